The Morgan fingerprint density at radius 3 is 2.47 bits per heavy atom. The van der Waals surface area contributed by atoms with Crippen LogP contribution in [0.1, 0.15) is 25.8 Å². The predicted molar refractivity (Wildman–Crippen MR) is 64.1 cm³/mol. The van der Waals surface area contributed by atoms with Gasteiger partial charge in [-0.2, -0.15) is 0 Å². The third-order valence-corrected chi connectivity index (χ3v) is 2.74. The summed E-state index contributed by atoms with van der Waals surface area (Å²) in [6.07, 6.45) is 0.897. The molecule has 0 aliphatic heterocycles. The minimum Gasteiger partial charge on any atom is -0.467 e. The van der Waals surface area contributed by atoms with Crippen LogP contribution in [0.3, 0.4) is 0 Å². The van der Waals surface area contributed by atoms with Crippen molar-refractivity contribution in [3.63, 3.8) is 0 Å². The summed E-state index contributed by atoms with van der Waals surface area (Å²) in [4.78, 5) is 11.8. The molecule has 0 radical (unpaired) electrons. The van der Waals surface area contributed by atoms with E-state index in [9.17, 15) is 9.18 Å². The number of nitrogens with one attached hydrogen (secondary N) is 1. The van der Waals surface area contributed by atoms with E-state index < -0.39 is 5.54 Å². The number of carbonyl (C=O) groups excluding carboxylic acids is 1. The van der Waals surface area contributed by atoms with Gasteiger partial charge < -0.3 is 4.74 Å². The molecule has 0 saturated carbocycles. The van der Waals surface area contributed by atoms with E-state index in [4.69, 9.17) is 4.74 Å². The molecule has 0 saturated heterocycles. The van der Waals surface area contributed by atoms with Gasteiger partial charge in [0, 0.05) is 0 Å². The van der Waals surface area contributed by atoms with E-state index in [-0.39, 0.29) is 11.8 Å². The molecule has 4 heteroatoms. The van der Waals surface area contributed by atoms with Gasteiger partial charge in [0.2, 0.25) is 0 Å². The van der Waals surface area contributed by atoms with Gasteiger partial charge in [-0.3, -0.25) is 5.32 Å². The van der Waals surface area contributed by atoms with E-state index in [0.717, 1.165) is 6.42 Å². The Bertz CT molecular complexity index is 378. The van der Waals surface area contributed by atoms with Gasteiger partial charge >= 0.3 is 5.97 Å². The topological polar surface area (TPSA) is 38.3 Å². The van der Waals surface area contributed by atoms with Crippen LogP contribution in [0.2, 0.25) is 0 Å². The summed E-state index contributed by atoms with van der Waals surface area (Å²) < 4.78 is 17.7. The Morgan fingerprint density at radius 2 is 2.00 bits per heavy atom. The van der Waals surface area contributed by atoms with Gasteiger partial charge in [-0.1, -0.05) is 19.1 Å². The highest BCUT2D eigenvalue weighted by Gasteiger charge is 2.35. The zero-order chi connectivity index (χ0) is 12.9. The first-order valence-electron chi connectivity index (χ1n) is 5.64. The molecular weight excluding hydrogens is 221 g/mol. The van der Waals surface area contributed by atoms with E-state index in [1.54, 1.807) is 19.1 Å². The molecule has 94 valence electrons. The van der Waals surface area contributed by atoms with Crippen molar-refractivity contribution in [3.8, 4) is 0 Å². The number of ether oxygens (including phenoxy) is 1. The van der Waals surface area contributed by atoms with Crippen molar-refractivity contribution < 1.29 is 13.9 Å². The van der Waals surface area contributed by atoms with Crippen LogP contribution in [0.15, 0.2) is 24.3 Å². The fourth-order valence-corrected chi connectivity index (χ4v) is 1.65. The normalized spacial score (nSPS) is 14.1. The van der Waals surface area contributed by atoms with Gasteiger partial charge in [0.1, 0.15) is 11.4 Å². The number of hydrogen-bond acceptors (Lipinski definition) is 3. The highest BCUT2D eigenvalue weighted by molar-refractivity contribution is 5.82. The smallest absolute Gasteiger partial charge is 0.330 e. The quantitative estimate of drug-likeness (QED) is 0.801. The molecule has 0 spiro atoms. The summed E-state index contributed by atoms with van der Waals surface area (Å²) >= 11 is 0. The van der Waals surface area contributed by atoms with Crippen LogP contribution in [0.5, 0.6) is 0 Å². The second-order valence-electron chi connectivity index (χ2n) is 4.05. The predicted octanol–water partition coefficient (Wildman–Crippen LogP) is 2.21. The molecule has 17 heavy (non-hydrogen) atoms. The van der Waals surface area contributed by atoms with E-state index in [1.165, 1.54) is 19.2 Å². The van der Waals surface area contributed by atoms with Gasteiger partial charge in [-0.25, -0.2) is 9.18 Å². The molecule has 1 N–H and O–H groups in total. The Balaban J connectivity index is 3.04. The zero-order valence-electron chi connectivity index (χ0n) is 10.4. The van der Waals surface area contributed by atoms with Crippen LogP contribution >= 0.6 is 0 Å². The molecule has 0 bridgehead atoms. The molecule has 0 aliphatic rings. The van der Waals surface area contributed by atoms with Gasteiger partial charge in [-0.15, -0.1) is 0 Å². The van der Waals surface area contributed by atoms with Gasteiger partial charge in [-0.05, 0) is 37.6 Å². The maximum atomic E-state index is 12.9. The Labute approximate surface area is 101 Å². The fraction of sp³-hybridized carbons (Fsp3) is 0.462. The SMILES string of the molecule is CCCNC(C)(C(=O)OC)c1ccc(F)cc1. The number of esters is 1. The Hall–Kier alpha value is -1.42. The molecule has 0 aromatic heterocycles. The molecule has 0 aliphatic carbocycles. The number of hydrogen-bond donors (Lipinski definition) is 1. The lowest BCUT2D eigenvalue weighted by molar-refractivity contribution is -0.148. The largest absolute Gasteiger partial charge is 0.467 e. The molecule has 1 unspecified atom stereocenters. The summed E-state index contributed by atoms with van der Waals surface area (Å²) in [6, 6.07) is 5.86. The lowest BCUT2D eigenvalue weighted by Crippen LogP contribution is -2.47. The van der Waals surface area contributed by atoms with Crippen molar-refractivity contribution in [2.45, 2.75) is 25.8 Å². The van der Waals surface area contributed by atoms with Gasteiger partial charge in [0.25, 0.3) is 0 Å². The third-order valence-electron chi connectivity index (χ3n) is 2.74. The van der Waals surface area contributed by atoms with Gasteiger partial charge in [0.05, 0.1) is 7.11 Å². The monoisotopic (exact) mass is 239 g/mol. The lowest BCUT2D eigenvalue weighted by atomic mass is 9.92. The van der Waals surface area contributed by atoms with Crippen LogP contribution in [-0.4, -0.2) is 19.6 Å². The molecular formula is C13H18FNO2. The van der Waals surface area contributed by atoms with Crippen molar-refractivity contribution in [1.82, 2.24) is 5.32 Å². The Morgan fingerprint density at radius 1 is 1.41 bits per heavy atom. The number of carbonyl (C=O) groups is 1. The maximum Gasteiger partial charge on any atom is 0.330 e. The summed E-state index contributed by atoms with van der Waals surface area (Å²) in [5.74, 6) is -0.700. The highest BCUT2D eigenvalue weighted by Crippen LogP contribution is 2.22. The van der Waals surface area contributed by atoms with Crippen LogP contribution in [-0.2, 0) is 15.1 Å². The lowest BCUT2D eigenvalue weighted by Gasteiger charge is -2.28. The molecule has 1 aromatic rings. The average molecular weight is 239 g/mol. The van der Waals surface area contributed by atoms with Crippen molar-refractivity contribution in [2.24, 2.45) is 0 Å². The van der Waals surface area contributed by atoms with E-state index in [1.807, 2.05) is 6.92 Å². The highest BCUT2D eigenvalue weighted by atomic mass is 19.1. The molecule has 0 amide bonds. The first-order chi connectivity index (χ1) is 8.04. The van der Waals surface area contributed by atoms with Gasteiger partial charge in [0.15, 0.2) is 0 Å². The standard InChI is InChI=1S/C13H18FNO2/c1-4-9-15-13(2,12(16)17-3)10-5-7-11(14)8-6-10/h5-8,15H,4,9H2,1-3H3. The fourth-order valence-electron chi connectivity index (χ4n) is 1.65. The third kappa shape index (κ3) is 3.03. The van der Waals surface area contributed by atoms with E-state index in [0.29, 0.717) is 12.1 Å². The van der Waals surface area contributed by atoms with Crippen molar-refractivity contribution in [2.75, 3.05) is 13.7 Å². The maximum absolute atomic E-state index is 12.9. The summed E-state index contributed by atoms with van der Waals surface area (Å²) in [6.45, 7) is 4.43. The minimum atomic E-state index is -0.932. The van der Waals surface area contributed by atoms with E-state index in [2.05, 4.69) is 5.32 Å². The zero-order valence-corrected chi connectivity index (χ0v) is 10.4. The molecule has 0 fully saturated rings. The second kappa shape index (κ2) is 5.77. The van der Waals surface area contributed by atoms with Crippen molar-refractivity contribution in [1.29, 1.82) is 0 Å². The molecule has 3 nitrogen and oxygen atoms in total. The number of halogens is 1. The summed E-state index contributed by atoms with van der Waals surface area (Å²) in [5, 5.41) is 3.14. The van der Waals surface area contributed by atoms with Crippen LogP contribution in [0, 0.1) is 5.82 Å². The van der Waals surface area contributed by atoms with Crippen LogP contribution in [0.4, 0.5) is 4.39 Å². The number of benzene rings is 1. The van der Waals surface area contributed by atoms with Crippen molar-refractivity contribution in [3.05, 3.63) is 35.6 Å². The molecule has 1 atom stereocenters. The first-order valence-corrected chi connectivity index (χ1v) is 5.64. The summed E-state index contributed by atoms with van der Waals surface area (Å²) in [5.41, 5.74) is -0.238. The van der Waals surface area contributed by atoms with E-state index >= 15 is 0 Å². The molecule has 1 rings (SSSR count). The molecule has 0 heterocycles. The summed E-state index contributed by atoms with van der Waals surface area (Å²) in [7, 11) is 1.34. The Kier molecular flexibility index (Phi) is 4.63. The average Bonchev–Trinajstić information content (AvgIpc) is 2.35. The van der Waals surface area contributed by atoms with Crippen LogP contribution < -0.4 is 5.32 Å². The van der Waals surface area contributed by atoms with Crippen molar-refractivity contribution >= 4 is 5.97 Å². The number of methoxy groups -OCH3 is 1. The molecule has 1 aromatic carbocycles. The van der Waals surface area contributed by atoms with Crippen LogP contribution in [0.25, 0.3) is 0 Å². The first kappa shape index (κ1) is 13.6. The number of rotatable bonds is 5. The second-order valence-corrected chi connectivity index (χ2v) is 4.05. The minimum absolute atomic E-state index is 0.323.